The molecule has 3 heterocycles. The van der Waals surface area contributed by atoms with Gasteiger partial charge in [-0.15, -0.1) is 0 Å². The zero-order valence-corrected chi connectivity index (χ0v) is 12.0. The van der Waals surface area contributed by atoms with Gasteiger partial charge in [0.2, 0.25) is 5.88 Å². The number of rotatable bonds is 3. The largest absolute Gasteiger partial charge is 0.481 e. The van der Waals surface area contributed by atoms with Crippen molar-refractivity contribution in [3.63, 3.8) is 0 Å². The van der Waals surface area contributed by atoms with E-state index in [0.717, 1.165) is 22.0 Å². The molecule has 0 saturated heterocycles. The normalized spacial score (nSPS) is 18.8. The third-order valence-electron chi connectivity index (χ3n) is 3.06. The molecule has 1 aliphatic rings. The minimum Gasteiger partial charge on any atom is -0.481 e. The molecule has 3 N–H and O–H groups in total. The van der Waals surface area contributed by atoms with Crippen LogP contribution in [0.15, 0.2) is 35.5 Å². The second-order valence-corrected chi connectivity index (χ2v) is 5.64. The van der Waals surface area contributed by atoms with Crippen LogP contribution in [0.25, 0.3) is 5.70 Å². The van der Waals surface area contributed by atoms with E-state index >= 15 is 0 Å². The Labute approximate surface area is 121 Å². The second kappa shape index (κ2) is 5.18. The Balaban J connectivity index is 2.06. The molecule has 20 heavy (non-hydrogen) atoms. The Hall–Kier alpha value is -1.99. The van der Waals surface area contributed by atoms with Gasteiger partial charge in [0.15, 0.2) is 0 Å². The van der Waals surface area contributed by atoms with Crippen LogP contribution in [0.4, 0.5) is 5.82 Å². The predicted molar refractivity (Wildman–Crippen MR) is 80.0 cm³/mol. The summed E-state index contributed by atoms with van der Waals surface area (Å²) in [6, 6.07) is 5.63. The maximum Gasteiger partial charge on any atom is 0.214 e. The number of methoxy groups -OCH3 is 1. The molecule has 104 valence electrons. The maximum atomic E-state index is 6.23. The van der Waals surface area contributed by atoms with Crippen molar-refractivity contribution in [2.24, 2.45) is 5.73 Å². The van der Waals surface area contributed by atoms with Gasteiger partial charge in [-0.25, -0.2) is 0 Å². The van der Waals surface area contributed by atoms with Crippen molar-refractivity contribution in [1.82, 2.24) is 15.2 Å². The van der Waals surface area contributed by atoms with Crippen molar-refractivity contribution in [3.8, 4) is 5.88 Å². The maximum absolute atomic E-state index is 6.23. The smallest absolute Gasteiger partial charge is 0.214 e. The monoisotopic (exact) mass is 289 g/mol. The van der Waals surface area contributed by atoms with Crippen molar-refractivity contribution in [1.29, 1.82) is 0 Å². The summed E-state index contributed by atoms with van der Waals surface area (Å²) in [5.74, 6) is 1.33. The number of allylic oxidation sites excluding steroid dienone is 1. The van der Waals surface area contributed by atoms with Crippen LogP contribution >= 0.6 is 11.8 Å². The number of pyridine rings is 1. The van der Waals surface area contributed by atoms with Crippen LogP contribution in [0.2, 0.25) is 0 Å². The number of thioether (sulfide) groups is 1. The molecule has 7 heteroatoms. The number of anilines is 1. The van der Waals surface area contributed by atoms with Gasteiger partial charge >= 0.3 is 0 Å². The first-order valence-electron chi connectivity index (χ1n) is 6.13. The quantitative estimate of drug-likeness (QED) is 0.899. The lowest BCUT2D eigenvalue weighted by molar-refractivity contribution is 0.398. The molecule has 0 radical (unpaired) electrons. The van der Waals surface area contributed by atoms with Crippen LogP contribution in [-0.4, -0.2) is 27.8 Å². The van der Waals surface area contributed by atoms with Gasteiger partial charge in [0.25, 0.3) is 0 Å². The molecule has 1 atom stereocenters. The number of ether oxygens (including phenoxy) is 1. The molecule has 2 aromatic rings. The van der Waals surface area contributed by atoms with Crippen LogP contribution in [0, 0.1) is 0 Å². The first-order chi connectivity index (χ1) is 9.70. The van der Waals surface area contributed by atoms with E-state index in [1.165, 1.54) is 0 Å². The third kappa shape index (κ3) is 2.14. The highest BCUT2D eigenvalue weighted by atomic mass is 32.2. The molecule has 0 saturated carbocycles. The highest BCUT2D eigenvalue weighted by molar-refractivity contribution is 8.04. The number of H-pyrrole nitrogens is 1. The molecule has 3 rings (SSSR count). The summed E-state index contributed by atoms with van der Waals surface area (Å²) in [6.45, 7) is 2.05. The van der Waals surface area contributed by atoms with Gasteiger partial charge in [0.05, 0.1) is 19.0 Å². The Bertz CT molecular complexity index is 640. The van der Waals surface area contributed by atoms with Crippen LogP contribution in [0.5, 0.6) is 5.88 Å². The van der Waals surface area contributed by atoms with Gasteiger partial charge in [0, 0.05) is 22.7 Å². The summed E-state index contributed by atoms with van der Waals surface area (Å²) in [4.78, 5) is 7.60. The molecule has 0 aromatic carbocycles. The van der Waals surface area contributed by atoms with Gasteiger partial charge < -0.3 is 10.5 Å². The average molecular weight is 289 g/mol. The van der Waals surface area contributed by atoms with E-state index in [2.05, 4.69) is 15.2 Å². The number of nitrogens with zero attached hydrogens (tertiary/aromatic N) is 3. The summed E-state index contributed by atoms with van der Waals surface area (Å²) >= 11 is 1.60. The van der Waals surface area contributed by atoms with Crippen LogP contribution < -0.4 is 15.4 Å². The van der Waals surface area contributed by atoms with Gasteiger partial charge in [-0.3, -0.25) is 10.00 Å². The Morgan fingerprint density at radius 2 is 2.30 bits per heavy atom. The van der Waals surface area contributed by atoms with Crippen molar-refractivity contribution < 1.29 is 4.74 Å². The lowest BCUT2D eigenvalue weighted by atomic mass is 10.2. The van der Waals surface area contributed by atoms with Crippen molar-refractivity contribution in [2.75, 3.05) is 12.0 Å². The van der Waals surface area contributed by atoms with E-state index in [-0.39, 0.29) is 5.50 Å². The fraction of sp³-hybridized carbons (Fsp3) is 0.231. The predicted octanol–water partition coefficient (Wildman–Crippen LogP) is 2.00. The Morgan fingerprint density at radius 1 is 1.45 bits per heavy atom. The van der Waals surface area contributed by atoms with Crippen LogP contribution in [-0.2, 0) is 0 Å². The molecule has 0 spiro atoms. The molecule has 0 bridgehead atoms. The third-order valence-corrected chi connectivity index (χ3v) is 4.06. The summed E-state index contributed by atoms with van der Waals surface area (Å²) in [7, 11) is 1.60. The fourth-order valence-electron chi connectivity index (χ4n) is 2.21. The number of nitrogens with one attached hydrogen (secondary N) is 1. The van der Waals surface area contributed by atoms with Gasteiger partial charge in [-0.1, -0.05) is 17.8 Å². The van der Waals surface area contributed by atoms with Crippen molar-refractivity contribution >= 4 is 23.3 Å². The minimum atomic E-state index is -0.209. The molecule has 0 aliphatic carbocycles. The Morgan fingerprint density at radius 3 is 3.00 bits per heavy atom. The number of hydrogen-bond acceptors (Lipinski definition) is 6. The van der Waals surface area contributed by atoms with Gasteiger partial charge in [0.1, 0.15) is 11.3 Å². The first kappa shape index (κ1) is 13.0. The van der Waals surface area contributed by atoms with Gasteiger partial charge in [-0.05, 0) is 13.0 Å². The highest BCUT2D eigenvalue weighted by Gasteiger charge is 2.31. The molecule has 2 aromatic heterocycles. The highest BCUT2D eigenvalue weighted by Crippen LogP contribution is 2.42. The van der Waals surface area contributed by atoms with E-state index in [0.29, 0.717) is 5.88 Å². The Kier molecular flexibility index (Phi) is 3.37. The molecule has 6 nitrogen and oxygen atoms in total. The zero-order chi connectivity index (χ0) is 14.1. The van der Waals surface area contributed by atoms with Crippen LogP contribution in [0.1, 0.15) is 12.5 Å². The summed E-state index contributed by atoms with van der Waals surface area (Å²) in [5.41, 5.74) is 8.03. The number of hydrogen-bond donors (Lipinski definition) is 2. The first-order valence-corrected chi connectivity index (χ1v) is 7.01. The molecule has 1 unspecified atom stereocenters. The van der Waals surface area contributed by atoms with Crippen molar-refractivity contribution in [3.05, 3.63) is 41.1 Å². The SMILES string of the molecule is COc1cccc(N2C(c3cn[nH]c3)=C(C)SC2N)n1. The topological polar surface area (TPSA) is 80.1 Å². The lowest BCUT2D eigenvalue weighted by Gasteiger charge is -2.25. The number of aromatic nitrogens is 3. The lowest BCUT2D eigenvalue weighted by Crippen LogP contribution is -2.35. The van der Waals surface area contributed by atoms with E-state index in [9.17, 15) is 0 Å². The van der Waals surface area contributed by atoms with Crippen molar-refractivity contribution in [2.45, 2.75) is 12.4 Å². The zero-order valence-electron chi connectivity index (χ0n) is 11.2. The minimum absolute atomic E-state index is 0.209. The second-order valence-electron chi connectivity index (χ2n) is 4.31. The summed E-state index contributed by atoms with van der Waals surface area (Å²) in [6.07, 6.45) is 3.63. The number of aromatic amines is 1. The number of nitrogens with two attached hydrogens (primary N) is 1. The molecule has 1 aliphatic heterocycles. The standard InChI is InChI=1S/C13H15N5OS/c1-8-12(9-6-15-16-7-9)18(13(14)20-8)10-4-3-5-11(17-10)19-2/h3-7,13H,14H2,1-2H3,(H,15,16). The van der Waals surface area contributed by atoms with E-state index in [4.69, 9.17) is 10.5 Å². The molecule has 0 amide bonds. The van der Waals surface area contributed by atoms with E-state index < -0.39 is 0 Å². The molecular weight excluding hydrogens is 274 g/mol. The van der Waals surface area contributed by atoms with Gasteiger partial charge in [-0.2, -0.15) is 10.1 Å². The van der Waals surface area contributed by atoms with E-state index in [1.807, 2.05) is 36.2 Å². The molecular formula is C13H15N5OS. The van der Waals surface area contributed by atoms with E-state index in [1.54, 1.807) is 25.1 Å². The summed E-state index contributed by atoms with van der Waals surface area (Å²) in [5, 5.41) is 6.84. The average Bonchev–Trinajstić information content (AvgIpc) is 3.06. The fourth-order valence-corrected chi connectivity index (χ4v) is 3.21. The van der Waals surface area contributed by atoms with Crippen LogP contribution in [0.3, 0.4) is 0 Å². The molecule has 0 fully saturated rings. The summed E-state index contributed by atoms with van der Waals surface area (Å²) < 4.78 is 5.18.